The van der Waals surface area contributed by atoms with Crippen LogP contribution in [0.5, 0.6) is 11.5 Å². The lowest BCUT2D eigenvalue weighted by Crippen LogP contribution is -2.70. The number of rotatable bonds is 31. The fourth-order valence-electron chi connectivity index (χ4n) is 10.7. The second-order valence-corrected chi connectivity index (χ2v) is 18.9. The lowest BCUT2D eigenvalue weighted by atomic mass is 9.55. The van der Waals surface area contributed by atoms with Crippen molar-refractivity contribution >= 4 is 11.8 Å². The molecule has 0 spiro atoms. The molecule has 2 aliphatic carbocycles. The molecule has 1 aliphatic heterocycles. The molecule has 1 saturated carbocycles. The van der Waals surface area contributed by atoms with Crippen molar-refractivity contribution in [2.24, 2.45) is 22.9 Å². The second kappa shape index (κ2) is 28.1. The Morgan fingerprint density at radius 1 is 0.853 bits per heavy atom. The molecule has 6 rings (SSSR count). The van der Waals surface area contributed by atoms with Crippen LogP contribution < -0.4 is 9.47 Å². The number of oxime groups is 1. The Bertz CT molecular complexity index is 2040. The van der Waals surface area contributed by atoms with Gasteiger partial charge in [0.2, 0.25) is 5.79 Å². The first-order valence-corrected chi connectivity index (χ1v) is 25.9. The summed E-state index contributed by atoms with van der Waals surface area (Å²) in [5.74, 6) is -1.13. The summed E-state index contributed by atoms with van der Waals surface area (Å²) in [7, 11) is 0. The third kappa shape index (κ3) is 14.0. The topological polar surface area (TPSA) is 119 Å². The number of carbonyl (C=O) groups is 1. The molecule has 3 aromatic rings. The van der Waals surface area contributed by atoms with Crippen molar-refractivity contribution in [3.8, 4) is 11.5 Å². The first-order valence-electron chi connectivity index (χ1n) is 25.9. The third-order valence-electron chi connectivity index (χ3n) is 14.0. The first-order chi connectivity index (χ1) is 33.4. The highest BCUT2D eigenvalue weighted by molar-refractivity contribution is 6.03. The Morgan fingerprint density at radius 2 is 1.56 bits per heavy atom. The summed E-state index contributed by atoms with van der Waals surface area (Å²) in [5.41, 5.74) is 4.04. The molecule has 3 aromatic carbocycles. The standard InChI is InChI=1S/C57H79FN2O8/c1-4-7-8-9-10-11-12-13-14-24-37-64-56(63)60(33-5-2)53-40-51(59-67-41-43-25-16-15-17-26-43)48-38-44(27-20-22-34-61)47(29-21-23-35-62)54-49-39-46(65-42-45-28-18-19-30-50(45)58)31-32-52(49)68-57(53,55(48)54)66-36-6-3/h6,15-19,25-26,28,30-32,38-39,44,47,53-55,61-62H,3-5,7-14,20-24,27,29,33-37,40-42H2,1-2H3. The Hall–Kier alpha value is -4.71. The van der Waals surface area contributed by atoms with Gasteiger partial charge < -0.3 is 34.0 Å². The molecular formula is C57H79FN2O8. The molecule has 0 radical (unpaired) electrons. The van der Waals surface area contributed by atoms with Gasteiger partial charge in [0.15, 0.2) is 0 Å². The van der Waals surface area contributed by atoms with Gasteiger partial charge in [0.25, 0.3) is 0 Å². The highest BCUT2D eigenvalue weighted by atomic mass is 19.1. The Kier molecular flexibility index (Phi) is 21.7. The van der Waals surface area contributed by atoms with Crippen molar-refractivity contribution in [3.63, 3.8) is 0 Å². The zero-order valence-electron chi connectivity index (χ0n) is 41.0. The minimum Gasteiger partial charge on any atom is -0.489 e. The van der Waals surface area contributed by atoms with Crippen molar-refractivity contribution in [3.05, 3.63) is 120 Å². The average molecular weight is 939 g/mol. The number of nitrogens with zero attached hydrogens (tertiary/aromatic N) is 2. The van der Waals surface area contributed by atoms with E-state index in [2.05, 4.69) is 26.5 Å². The molecule has 2 N–H and O–H groups in total. The molecule has 10 nitrogen and oxygen atoms in total. The minimum absolute atomic E-state index is 0.0401. The lowest BCUT2D eigenvalue weighted by Gasteiger charge is -2.59. The van der Waals surface area contributed by atoms with Gasteiger partial charge in [-0.1, -0.05) is 150 Å². The number of aliphatic hydroxyl groups is 2. The summed E-state index contributed by atoms with van der Waals surface area (Å²) in [5, 5.41) is 25.0. The van der Waals surface area contributed by atoms with Gasteiger partial charge in [0.05, 0.1) is 24.8 Å². The lowest BCUT2D eigenvalue weighted by molar-refractivity contribution is -0.255. The van der Waals surface area contributed by atoms with E-state index in [1.165, 1.54) is 51.0 Å². The van der Waals surface area contributed by atoms with Crippen LogP contribution in [0.25, 0.3) is 0 Å². The van der Waals surface area contributed by atoms with Crippen LogP contribution in [0.15, 0.2) is 102 Å². The molecule has 0 bridgehead atoms. The Labute approximate surface area is 405 Å². The van der Waals surface area contributed by atoms with Crippen LogP contribution in [-0.2, 0) is 27.5 Å². The van der Waals surface area contributed by atoms with Crippen molar-refractivity contribution in [1.82, 2.24) is 4.90 Å². The van der Waals surface area contributed by atoms with Gasteiger partial charge in [-0.05, 0) is 85.8 Å². The molecule has 1 amide bonds. The summed E-state index contributed by atoms with van der Waals surface area (Å²) >= 11 is 0. The number of amides is 1. The van der Waals surface area contributed by atoms with Crippen molar-refractivity contribution in [1.29, 1.82) is 0 Å². The number of carbonyl (C=O) groups excluding carboxylic acids is 1. The second-order valence-electron chi connectivity index (χ2n) is 18.9. The molecule has 1 fully saturated rings. The largest absolute Gasteiger partial charge is 0.489 e. The number of fused-ring (bicyclic) bond motifs is 2. The first kappa shape index (κ1) is 52.7. The maximum Gasteiger partial charge on any atom is 0.410 e. The van der Waals surface area contributed by atoms with E-state index in [0.717, 1.165) is 67.4 Å². The predicted molar refractivity (Wildman–Crippen MR) is 267 cm³/mol. The van der Waals surface area contributed by atoms with Crippen molar-refractivity contribution in [2.45, 2.75) is 160 Å². The maximum absolute atomic E-state index is 14.8. The number of aliphatic hydroxyl groups excluding tert-OH is 2. The fraction of sp³-hybridized carbons (Fsp3) is 0.579. The molecule has 68 heavy (non-hydrogen) atoms. The van der Waals surface area contributed by atoms with Gasteiger partial charge in [-0.15, -0.1) is 6.58 Å². The highest BCUT2D eigenvalue weighted by Gasteiger charge is 2.65. The van der Waals surface area contributed by atoms with E-state index < -0.39 is 23.8 Å². The normalized spacial score (nSPS) is 22.1. The molecule has 3 aliphatic rings. The zero-order valence-corrected chi connectivity index (χ0v) is 41.0. The third-order valence-corrected chi connectivity index (χ3v) is 14.0. The van der Waals surface area contributed by atoms with Gasteiger partial charge in [-0.3, -0.25) is 4.90 Å². The number of allylic oxidation sites excluding steroid dienone is 1. The zero-order chi connectivity index (χ0) is 48.0. The van der Waals surface area contributed by atoms with Crippen molar-refractivity contribution in [2.75, 3.05) is 33.0 Å². The van der Waals surface area contributed by atoms with Gasteiger partial charge in [-0.25, -0.2) is 9.18 Å². The molecule has 6 unspecified atom stereocenters. The molecule has 6 atom stereocenters. The van der Waals surface area contributed by atoms with E-state index >= 15 is 0 Å². The summed E-state index contributed by atoms with van der Waals surface area (Å²) in [4.78, 5) is 22.7. The molecule has 372 valence electrons. The van der Waals surface area contributed by atoms with Crippen LogP contribution in [-0.4, -0.2) is 71.7 Å². The molecule has 0 aromatic heterocycles. The predicted octanol–water partition coefficient (Wildman–Crippen LogP) is 13.0. The van der Waals surface area contributed by atoms with Crippen LogP contribution in [0.4, 0.5) is 9.18 Å². The van der Waals surface area contributed by atoms with Crippen LogP contribution in [0, 0.1) is 23.6 Å². The van der Waals surface area contributed by atoms with Gasteiger partial charge >= 0.3 is 6.09 Å². The fourth-order valence-corrected chi connectivity index (χ4v) is 10.7. The van der Waals surface area contributed by atoms with Gasteiger partial charge in [0.1, 0.15) is 36.6 Å². The number of hydrogen-bond acceptors (Lipinski definition) is 9. The molecule has 0 saturated heterocycles. The van der Waals surface area contributed by atoms with Gasteiger partial charge in [-0.2, -0.15) is 0 Å². The number of benzene rings is 3. The smallest absolute Gasteiger partial charge is 0.410 e. The van der Waals surface area contributed by atoms with E-state index in [0.29, 0.717) is 49.5 Å². The Morgan fingerprint density at radius 3 is 2.26 bits per heavy atom. The van der Waals surface area contributed by atoms with E-state index in [1.807, 2.05) is 53.4 Å². The van der Waals surface area contributed by atoms with Crippen LogP contribution in [0.2, 0.25) is 0 Å². The number of halogens is 1. The molecule has 11 heteroatoms. The monoisotopic (exact) mass is 939 g/mol. The van der Waals surface area contributed by atoms with Crippen LogP contribution >= 0.6 is 0 Å². The molecular weight excluding hydrogens is 860 g/mol. The Balaban J connectivity index is 1.41. The van der Waals surface area contributed by atoms with Crippen LogP contribution in [0.1, 0.15) is 152 Å². The summed E-state index contributed by atoms with van der Waals surface area (Å²) in [6, 6.07) is 21.7. The van der Waals surface area contributed by atoms with Crippen LogP contribution in [0.3, 0.4) is 0 Å². The quantitative estimate of drug-likeness (QED) is 0.0372. The number of unbranched alkanes of at least 4 members (excludes halogenated alkanes) is 11. The van der Waals surface area contributed by atoms with E-state index in [9.17, 15) is 19.4 Å². The van der Waals surface area contributed by atoms with Crippen molar-refractivity contribution < 1.29 is 43.2 Å². The SMILES string of the molecule is C=CCOC12Oc3ccc(OCc4ccccc4F)cc3C3C(CCCCO)C(CCCCO)C=C(C(=NOCc4ccccc4)CC1N(CCC)C(=O)OCCCCCCCCCCCC)C32. The molecule has 1 heterocycles. The van der Waals surface area contributed by atoms with E-state index in [1.54, 1.807) is 24.3 Å². The minimum atomic E-state index is -1.40. The summed E-state index contributed by atoms with van der Waals surface area (Å²) < 4.78 is 41.9. The summed E-state index contributed by atoms with van der Waals surface area (Å²) in [6.07, 6.45) is 21.0. The summed E-state index contributed by atoms with van der Waals surface area (Å²) in [6.45, 7) is 9.75. The van der Waals surface area contributed by atoms with E-state index in [4.69, 9.17) is 28.9 Å². The van der Waals surface area contributed by atoms with E-state index in [-0.39, 0.29) is 63.0 Å². The highest BCUT2D eigenvalue weighted by Crippen LogP contribution is 2.62. The number of hydrogen-bond donors (Lipinski definition) is 2. The van der Waals surface area contributed by atoms with Gasteiger partial charge in [0, 0.05) is 43.2 Å². The average Bonchev–Trinajstić information content (AvgIpc) is 3.35. The number of ether oxygens (including phenoxy) is 4. The maximum atomic E-state index is 14.8.